The van der Waals surface area contributed by atoms with Gasteiger partial charge in [-0.25, -0.2) is 19.3 Å². The molecule has 0 fully saturated rings. The monoisotopic (exact) mass is 501 g/mol. The quantitative estimate of drug-likeness (QED) is 0.290. The maximum Gasteiger partial charge on any atom is 0.271 e. The molecular weight excluding hydrogens is 473 g/mol. The normalized spacial score (nSPS) is 11.9. The Morgan fingerprint density at radius 1 is 1.08 bits per heavy atom. The van der Waals surface area contributed by atoms with E-state index in [1.165, 1.54) is 12.1 Å². The molecule has 0 aliphatic heterocycles. The first-order chi connectivity index (χ1) is 17.6. The molecule has 5 aromatic rings. The second kappa shape index (κ2) is 9.29. The molecule has 5 rings (SSSR count). The number of imidazole rings is 2. The molecule has 0 bridgehead atoms. The molecule has 10 heteroatoms. The van der Waals surface area contributed by atoms with E-state index in [1.807, 2.05) is 29.7 Å². The minimum atomic E-state index is -0.797. The highest BCUT2D eigenvalue weighted by Gasteiger charge is 2.21. The van der Waals surface area contributed by atoms with E-state index in [0.717, 1.165) is 16.9 Å². The number of halogens is 1. The molecule has 4 N–H and O–H groups in total. The number of anilines is 1. The van der Waals surface area contributed by atoms with E-state index in [9.17, 15) is 14.3 Å². The van der Waals surface area contributed by atoms with Gasteiger partial charge in [0.25, 0.3) is 5.91 Å². The van der Waals surface area contributed by atoms with Gasteiger partial charge in [-0.05, 0) is 70.0 Å². The predicted octanol–water partition coefficient (Wildman–Crippen LogP) is 4.02. The van der Waals surface area contributed by atoms with E-state index in [2.05, 4.69) is 20.3 Å². The van der Waals surface area contributed by atoms with Gasteiger partial charge in [-0.2, -0.15) is 0 Å². The molecule has 1 amide bonds. The number of nitrogens with one attached hydrogen (secondary N) is 1. The Labute approximate surface area is 212 Å². The van der Waals surface area contributed by atoms with E-state index in [0.29, 0.717) is 42.0 Å². The fraction of sp³-hybridized carbons (Fsp3) is 0.259. The van der Waals surface area contributed by atoms with Gasteiger partial charge in [0, 0.05) is 42.0 Å². The number of benzene rings is 1. The second-order valence-electron chi connectivity index (χ2n) is 9.74. The Balaban J connectivity index is 1.63. The van der Waals surface area contributed by atoms with Gasteiger partial charge in [0.05, 0.1) is 17.0 Å². The van der Waals surface area contributed by atoms with Gasteiger partial charge in [0.1, 0.15) is 17.2 Å². The Bertz CT molecular complexity index is 1610. The average Bonchev–Trinajstić information content (AvgIpc) is 3.46. The van der Waals surface area contributed by atoms with Gasteiger partial charge in [0.2, 0.25) is 0 Å². The smallest absolute Gasteiger partial charge is 0.271 e. The third kappa shape index (κ3) is 4.88. The number of nitrogens with two attached hydrogens (primary N) is 1. The summed E-state index contributed by atoms with van der Waals surface area (Å²) in [7, 11) is 0. The topological polar surface area (TPSA) is 123 Å². The van der Waals surface area contributed by atoms with Crippen molar-refractivity contribution in [2.75, 3.05) is 12.3 Å². The summed E-state index contributed by atoms with van der Waals surface area (Å²) in [5.41, 5.74) is 10.4. The molecule has 0 saturated carbocycles. The number of nitrogen functional groups attached to an aromatic ring is 1. The minimum Gasteiger partial charge on any atom is -0.390 e. The zero-order valence-corrected chi connectivity index (χ0v) is 20.9. The predicted molar refractivity (Wildman–Crippen MR) is 140 cm³/mol. The molecule has 0 atom stereocenters. The SMILES string of the molecule is Cc1cnc2ccc(-c3c(-c4ccc(F)cc4)nc(N)c4nc(C(=O)NCCCC(C)(C)O)cn34)cn12. The molecule has 4 heterocycles. The number of aromatic nitrogens is 5. The molecule has 0 saturated heterocycles. The summed E-state index contributed by atoms with van der Waals surface area (Å²) in [6.45, 7) is 5.82. The van der Waals surface area contributed by atoms with Crippen molar-refractivity contribution in [2.45, 2.75) is 39.2 Å². The lowest BCUT2D eigenvalue weighted by Crippen LogP contribution is -2.27. The van der Waals surface area contributed by atoms with Gasteiger partial charge in [-0.1, -0.05) is 0 Å². The summed E-state index contributed by atoms with van der Waals surface area (Å²) in [4.78, 5) is 26.4. The number of hydrogen-bond acceptors (Lipinski definition) is 6. The molecule has 1 aromatic carbocycles. The van der Waals surface area contributed by atoms with E-state index >= 15 is 0 Å². The van der Waals surface area contributed by atoms with Crippen molar-refractivity contribution in [3.8, 4) is 22.5 Å². The summed E-state index contributed by atoms with van der Waals surface area (Å²) in [5, 5.41) is 12.7. The number of carbonyl (C=O) groups excluding carboxylic acids is 1. The minimum absolute atomic E-state index is 0.143. The van der Waals surface area contributed by atoms with Crippen LogP contribution in [0.25, 0.3) is 33.8 Å². The number of hydrogen-bond donors (Lipinski definition) is 3. The van der Waals surface area contributed by atoms with Crippen molar-refractivity contribution in [1.29, 1.82) is 0 Å². The van der Waals surface area contributed by atoms with E-state index in [1.54, 1.807) is 42.8 Å². The summed E-state index contributed by atoms with van der Waals surface area (Å²) in [6, 6.07) is 9.82. The van der Waals surface area contributed by atoms with Gasteiger partial charge < -0.3 is 20.6 Å². The standard InChI is InChI=1S/C27H28FN7O2/c1-16-13-31-21-10-7-18(14-34(16)21)23-22(17-5-8-19(28)9-6-17)33-24(29)25-32-20(15-35(23)25)26(36)30-12-4-11-27(2,3)37/h5-10,13-15,37H,4,11-12H2,1-3H3,(H2,29,33)(H,30,36). The van der Waals surface area contributed by atoms with Gasteiger partial charge >= 0.3 is 0 Å². The number of amides is 1. The summed E-state index contributed by atoms with van der Waals surface area (Å²) in [6.07, 6.45) is 6.53. The lowest BCUT2D eigenvalue weighted by Gasteiger charge is -2.16. The van der Waals surface area contributed by atoms with Gasteiger partial charge in [-0.3, -0.25) is 9.20 Å². The number of rotatable bonds is 7. The van der Waals surface area contributed by atoms with Crippen LogP contribution in [0.1, 0.15) is 42.9 Å². The van der Waals surface area contributed by atoms with E-state index in [4.69, 9.17) is 5.73 Å². The molecule has 9 nitrogen and oxygen atoms in total. The molecule has 190 valence electrons. The molecule has 0 aliphatic rings. The van der Waals surface area contributed by atoms with Crippen molar-refractivity contribution in [1.82, 2.24) is 29.1 Å². The molecule has 0 radical (unpaired) electrons. The largest absolute Gasteiger partial charge is 0.390 e. The van der Waals surface area contributed by atoms with Crippen LogP contribution >= 0.6 is 0 Å². The average molecular weight is 502 g/mol. The Kier molecular flexibility index (Phi) is 6.12. The highest BCUT2D eigenvalue weighted by molar-refractivity contribution is 5.94. The van der Waals surface area contributed by atoms with Crippen LogP contribution in [0.15, 0.2) is 55.0 Å². The maximum atomic E-state index is 13.7. The van der Waals surface area contributed by atoms with Crippen LogP contribution in [0.5, 0.6) is 0 Å². The molecule has 0 spiro atoms. The first-order valence-electron chi connectivity index (χ1n) is 12.0. The number of carbonyl (C=O) groups is 1. The van der Waals surface area contributed by atoms with Crippen LogP contribution in [0, 0.1) is 12.7 Å². The number of nitrogens with zero attached hydrogens (tertiary/aromatic N) is 5. The maximum absolute atomic E-state index is 13.7. The molecule has 0 unspecified atom stereocenters. The highest BCUT2D eigenvalue weighted by Crippen LogP contribution is 2.34. The fourth-order valence-corrected chi connectivity index (χ4v) is 4.32. The Morgan fingerprint density at radius 2 is 1.81 bits per heavy atom. The summed E-state index contributed by atoms with van der Waals surface area (Å²) >= 11 is 0. The highest BCUT2D eigenvalue weighted by atomic mass is 19.1. The zero-order valence-electron chi connectivity index (χ0n) is 20.9. The van der Waals surface area contributed by atoms with Crippen LogP contribution in [0.3, 0.4) is 0 Å². The number of pyridine rings is 1. The van der Waals surface area contributed by atoms with Gasteiger partial charge in [0.15, 0.2) is 11.5 Å². The Hall–Kier alpha value is -4.31. The third-order valence-electron chi connectivity index (χ3n) is 6.20. The molecule has 37 heavy (non-hydrogen) atoms. The van der Waals surface area contributed by atoms with Gasteiger partial charge in [-0.15, -0.1) is 0 Å². The van der Waals surface area contributed by atoms with Crippen molar-refractivity contribution in [2.24, 2.45) is 0 Å². The summed E-state index contributed by atoms with van der Waals surface area (Å²) in [5.74, 6) is -0.570. The molecule has 0 aliphatic carbocycles. The van der Waals surface area contributed by atoms with Crippen molar-refractivity contribution >= 4 is 23.0 Å². The van der Waals surface area contributed by atoms with Crippen molar-refractivity contribution in [3.63, 3.8) is 0 Å². The fourth-order valence-electron chi connectivity index (χ4n) is 4.32. The van der Waals surface area contributed by atoms with Crippen molar-refractivity contribution in [3.05, 3.63) is 72.2 Å². The lowest BCUT2D eigenvalue weighted by atomic mass is 10.0. The van der Waals surface area contributed by atoms with Crippen LogP contribution < -0.4 is 11.1 Å². The summed E-state index contributed by atoms with van der Waals surface area (Å²) < 4.78 is 17.4. The van der Waals surface area contributed by atoms with Crippen molar-refractivity contribution < 1.29 is 14.3 Å². The molecule has 4 aromatic heterocycles. The van der Waals surface area contributed by atoms with Crippen LogP contribution in [0.2, 0.25) is 0 Å². The number of aryl methyl sites for hydroxylation is 1. The number of aliphatic hydroxyl groups is 1. The van der Waals surface area contributed by atoms with E-state index < -0.39 is 5.60 Å². The van der Waals surface area contributed by atoms with E-state index in [-0.39, 0.29) is 23.2 Å². The number of fused-ring (bicyclic) bond motifs is 2. The first-order valence-corrected chi connectivity index (χ1v) is 12.0. The first kappa shape index (κ1) is 24.4. The Morgan fingerprint density at radius 3 is 2.54 bits per heavy atom. The van der Waals surface area contributed by atoms with Crippen LogP contribution in [-0.4, -0.2) is 46.9 Å². The zero-order chi connectivity index (χ0) is 26.3. The molecular formula is C27H28FN7O2. The third-order valence-corrected chi connectivity index (χ3v) is 6.20. The van der Waals surface area contributed by atoms with Crippen LogP contribution in [0.4, 0.5) is 10.2 Å². The lowest BCUT2D eigenvalue weighted by molar-refractivity contribution is 0.0679. The van der Waals surface area contributed by atoms with Crippen LogP contribution in [-0.2, 0) is 0 Å². The second-order valence-corrected chi connectivity index (χ2v) is 9.74.